The Morgan fingerprint density at radius 1 is 1.38 bits per heavy atom. The van der Waals surface area contributed by atoms with Gasteiger partial charge in [0, 0.05) is 23.4 Å². The van der Waals surface area contributed by atoms with Crippen molar-refractivity contribution in [3.05, 3.63) is 34.9 Å². The predicted molar refractivity (Wildman–Crippen MR) is 72.0 cm³/mol. The average Bonchev–Trinajstić information content (AvgIpc) is 2.31. The van der Waals surface area contributed by atoms with Crippen LogP contribution in [-0.2, 0) is 0 Å². The van der Waals surface area contributed by atoms with Crippen molar-refractivity contribution in [2.75, 3.05) is 18.9 Å². The van der Waals surface area contributed by atoms with Crippen molar-refractivity contribution in [3.63, 3.8) is 0 Å². The van der Waals surface area contributed by atoms with Crippen molar-refractivity contribution < 1.29 is 5.11 Å². The van der Waals surface area contributed by atoms with Crippen LogP contribution in [0.15, 0.2) is 24.3 Å². The second-order valence-corrected chi connectivity index (χ2v) is 5.57. The summed E-state index contributed by atoms with van der Waals surface area (Å²) in [6.07, 6.45) is 0. The minimum atomic E-state index is 0.227. The number of hydrogen-bond acceptors (Lipinski definition) is 3. The zero-order chi connectivity index (χ0) is 12.0. The van der Waals surface area contributed by atoms with E-state index in [1.807, 2.05) is 31.2 Å². The molecule has 0 aliphatic heterocycles. The number of rotatable bonds is 6. The molecule has 2 nitrogen and oxygen atoms in total. The van der Waals surface area contributed by atoms with Gasteiger partial charge >= 0.3 is 0 Å². The van der Waals surface area contributed by atoms with Crippen molar-refractivity contribution in [2.45, 2.75) is 12.2 Å². The molecule has 0 bridgehead atoms. The fourth-order valence-corrected chi connectivity index (χ4v) is 2.59. The second-order valence-electron chi connectivity index (χ2n) is 3.90. The summed E-state index contributed by atoms with van der Waals surface area (Å²) in [4.78, 5) is 0. The first-order chi connectivity index (χ1) is 7.67. The summed E-state index contributed by atoms with van der Waals surface area (Å²) in [5.74, 6) is 1.23. The molecule has 0 heterocycles. The van der Waals surface area contributed by atoms with Crippen LogP contribution in [0, 0.1) is 5.92 Å². The molecule has 1 aromatic rings. The van der Waals surface area contributed by atoms with Gasteiger partial charge in [0.1, 0.15) is 0 Å². The quantitative estimate of drug-likeness (QED) is 0.826. The number of thioether (sulfide) groups is 1. The predicted octanol–water partition coefficient (Wildman–Crippen LogP) is 2.70. The summed E-state index contributed by atoms with van der Waals surface area (Å²) >= 11 is 7.62. The number of hydrogen-bond donors (Lipinski definition) is 2. The molecular formula is C12H18ClNOS. The largest absolute Gasteiger partial charge is 0.396 e. The minimum absolute atomic E-state index is 0.227. The lowest BCUT2D eigenvalue weighted by molar-refractivity contribution is 0.250. The third-order valence-corrected chi connectivity index (χ3v) is 4.23. The Labute approximate surface area is 106 Å². The minimum Gasteiger partial charge on any atom is -0.396 e. The van der Waals surface area contributed by atoms with Crippen LogP contribution >= 0.6 is 23.4 Å². The van der Waals surface area contributed by atoms with E-state index in [1.165, 1.54) is 5.56 Å². The fraction of sp³-hybridized carbons (Fsp3) is 0.500. The zero-order valence-corrected chi connectivity index (χ0v) is 11.0. The van der Waals surface area contributed by atoms with E-state index < -0.39 is 0 Å². The molecule has 2 atom stereocenters. The smallest absolute Gasteiger partial charge is 0.0464 e. The third kappa shape index (κ3) is 4.34. The Balaban J connectivity index is 2.57. The molecule has 0 spiro atoms. The van der Waals surface area contributed by atoms with Gasteiger partial charge in [0.15, 0.2) is 0 Å². The molecule has 0 saturated carbocycles. The zero-order valence-electron chi connectivity index (χ0n) is 9.40. The van der Waals surface area contributed by atoms with Crippen molar-refractivity contribution >= 4 is 23.4 Å². The van der Waals surface area contributed by atoms with E-state index in [-0.39, 0.29) is 11.9 Å². The Morgan fingerprint density at radius 2 is 2.00 bits per heavy atom. The summed E-state index contributed by atoms with van der Waals surface area (Å²) in [5.41, 5.74) is 6.95. The Hall–Kier alpha value is -0.220. The van der Waals surface area contributed by atoms with Crippen LogP contribution in [0.5, 0.6) is 0 Å². The normalized spacial score (nSPS) is 14.8. The van der Waals surface area contributed by atoms with Gasteiger partial charge in [0.25, 0.3) is 0 Å². The highest BCUT2D eigenvalue weighted by atomic mass is 35.5. The maximum Gasteiger partial charge on any atom is 0.0464 e. The molecule has 0 radical (unpaired) electrons. The molecule has 3 N–H and O–H groups in total. The number of nitrogens with two attached hydrogens (primary N) is 1. The van der Waals surface area contributed by atoms with Crippen molar-refractivity contribution in [1.29, 1.82) is 0 Å². The van der Waals surface area contributed by atoms with E-state index in [1.54, 1.807) is 11.8 Å². The first kappa shape index (κ1) is 13.8. The summed E-state index contributed by atoms with van der Waals surface area (Å²) in [7, 11) is 0. The molecule has 0 aromatic heterocycles. The summed E-state index contributed by atoms with van der Waals surface area (Å²) in [6, 6.07) is 7.79. The maximum atomic E-state index is 8.97. The summed E-state index contributed by atoms with van der Waals surface area (Å²) in [6.45, 7) is 2.86. The highest BCUT2D eigenvalue weighted by molar-refractivity contribution is 7.99. The van der Waals surface area contributed by atoms with E-state index in [4.69, 9.17) is 22.4 Å². The van der Waals surface area contributed by atoms with E-state index in [0.29, 0.717) is 12.5 Å². The van der Waals surface area contributed by atoms with Gasteiger partial charge < -0.3 is 10.8 Å². The summed E-state index contributed by atoms with van der Waals surface area (Å²) in [5, 5.41) is 9.99. The van der Waals surface area contributed by atoms with Gasteiger partial charge in [-0.2, -0.15) is 11.8 Å². The Kier molecular flexibility index (Phi) is 6.21. The van der Waals surface area contributed by atoms with Crippen LogP contribution in [0.1, 0.15) is 17.7 Å². The van der Waals surface area contributed by atoms with Crippen LogP contribution in [0.25, 0.3) is 0 Å². The van der Waals surface area contributed by atoms with E-state index in [2.05, 4.69) is 0 Å². The van der Waals surface area contributed by atoms with E-state index >= 15 is 0 Å². The highest BCUT2D eigenvalue weighted by Crippen LogP contribution is 2.29. The van der Waals surface area contributed by atoms with Gasteiger partial charge in [-0.1, -0.05) is 30.7 Å². The molecule has 90 valence electrons. The molecule has 1 aromatic carbocycles. The van der Waals surface area contributed by atoms with Crippen LogP contribution in [0.2, 0.25) is 5.02 Å². The molecular weight excluding hydrogens is 242 g/mol. The molecule has 0 aliphatic carbocycles. The molecule has 0 aliphatic rings. The molecule has 0 amide bonds. The maximum absolute atomic E-state index is 8.97. The lowest BCUT2D eigenvalue weighted by atomic mass is 10.1. The molecule has 16 heavy (non-hydrogen) atoms. The first-order valence-electron chi connectivity index (χ1n) is 5.35. The Morgan fingerprint density at radius 3 is 2.50 bits per heavy atom. The Bertz CT molecular complexity index is 304. The SMILES string of the molecule is CC(CO)CSC(CN)c1ccc(Cl)cc1. The lowest BCUT2D eigenvalue weighted by Gasteiger charge is -2.17. The standard InChI is InChI=1S/C12H18ClNOS/c1-9(7-15)8-16-12(6-14)10-2-4-11(13)5-3-10/h2-5,9,12,15H,6-8,14H2,1H3. The van der Waals surface area contributed by atoms with Gasteiger partial charge in [-0.05, 0) is 29.4 Å². The lowest BCUT2D eigenvalue weighted by Crippen LogP contribution is -2.12. The van der Waals surface area contributed by atoms with Gasteiger partial charge in [-0.3, -0.25) is 0 Å². The molecule has 1 rings (SSSR count). The topological polar surface area (TPSA) is 46.2 Å². The number of benzene rings is 1. The fourth-order valence-electron chi connectivity index (χ4n) is 1.31. The first-order valence-corrected chi connectivity index (χ1v) is 6.78. The van der Waals surface area contributed by atoms with Gasteiger partial charge in [-0.25, -0.2) is 0 Å². The van der Waals surface area contributed by atoms with E-state index in [9.17, 15) is 0 Å². The van der Waals surface area contributed by atoms with Crippen LogP contribution in [0.3, 0.4) is 0 Å². The van der Waals surface area contributed by atoms with Gasteiger partial charge in [0.05, 0.1) is 0 Å². The van der Waals surface area contributed by atoms with Crippen molar-refractivity contribution in [2.24, 2.45) is 11.7 Å². The monoisotopic (exact) mass is 259 g/mol. The second kappa shape index (κ2) is 7.17. The number of aliphatic hydroxyl groups excluding tert-OH is 1. The summed E-state index contributed by atoms with van der Waals surface area (Å²) < 4.78 is 0. The third-order valence-electron chi connectivity index (χ3n) is 2.35. The molecule has 2 unspecified atom stereocenters. The highest BCUT2D eigenvalue weighted by Gasteiger charge is 2.11. The van der Waals surface area contributed by atoms with Gasteiger partial charge in [-0.15, -0.1) is 0 Å². The number of aliphatic hydroxyl groups is 1. The van der Waals surface area contributed by atoms with Crippen LogP contribution < -0.4 is 5.73 Å². The molecule has 0 fully saturated rings. The molecule has 4 heteroatoms. The van der Waals surface area contributed by atoms with Crippen molar-refractivity contribution in [3.8, 4) is 0 Å². The van der Waals surface area contributed by atoms with E-state index in [0.717, 1.165) is 10.8 Å². The average molecular weight is 260 g/mol. The van der Waals surface area contributed by atoms with Gasteiger partial charge in [0.2, 0.25) is 0 Å². The number of halogens is 1. The van der Waals surface area contributed by atoms with Crippen molar-refractivity contribution in [1.82, 2.24) is 0 Å². The van der Waals surface area contributed by atoms with Crippen LogP contribution in [-0.4, -0.2) is 24.0 Å². The van der Waals surface area contributed by atoms with Crippen LogP contribution in [0.4, 0.5) is 0 Å². The molecule has 0 saturated heterocycles.